The van der Waals surface area contributed by atoms with E-state index in [1.54, 1.807) is 10.9 Å². The number of halogens is 3. The third kappa shape index (κ3) is 4.07. The molecule has 0 spiro atoms. The van der Waals surface area contributed by atoms with Crippen LogP contribution in [0.25, 0.3) is 33.2 Å². The largest absolute Gasteiger partial charge is 0.496 e. The number of alkyl halides is 3. The number of methoxy groups -OCH3 is 1. The van der Waals surface area contributed by atoms with Gasteiger partial charge in [0, 0.05) is 36.2 Å². The molecule has 34 heavy (non-hydrogen) atoms. The summed E-state index contributed by atoms with van der Waals surface area (Å²) < 4.78 is 57.1. The normalized spacial score (nSPS) is 17.2. The molecule has 0 bridgehead atoms. The fraction of sp³-hybridized carbons (Fsp3) is 0.250. The molecule has 176 valence electrons. The van der Waals surface area contributed by atoms with Crippen LogP contribution in [0, 0.1) is 0 Å². The number of amides is 1. The third-order valence-corrected chi connectivity index (χ3v) is 5.68. The molecule has 2 atom stereocenters. The monoisotopic (exact) mass is 471 g/mol. The second-order valence-corrected chi connectivity index (χ2v) is 8.02. The van der Waals surface area contributed by atoms with Crippen molar-refractivity contribution in [3.8, 4) is 33.8 Å². The van der Waals surface area contributed by atoms with Gasteiger partial charge in [0.2, 0.25) is 0 Å². The number of furan rings is 1. The Balaban J connectivity index is 1.57. The SMILES string of the molecule is COc1cc(-c2coc3cc(-c4cnn(C)c4)ccc23)cc(OC(F)F)c1C(=O)N[C@@H]1C[C@@H]1F. The number of hydrogen-bond donors (Lipinski definition) is 1. The highest BCUT2D eigenvalue weighted by molar-refractivity contribution is 6.02. The third-order valence-electron chi connectivity index (χ3n) is 5.68. The van der Waals surface area contributed by atoms with Crippen molar-refractivity contribution in [1.82, 2.24) is 15.1 Å². The van der Waals surface area contributed by atoms with Crippen LogP contribution in [-0.2, 0) is 7.05 Å². The number of fused-ring (bicyclic) bond motifs is 1. The van der Waals surface area contributed by atoms with Crippen molar-refractivity contribution >= 4 is 16.9 Å². The number of rotatable bonds is 7. The zero-order valence-corrected chi connectivity index (χ0v) is 18.2. The summed E-state index contributed by atoms with van der Waals surface area (Å²) in [5.74, 6) is -1.11. The van der Waals surface area contributed by atoms with Crippen LogP contribution >= 0.6 is 0 Å². The number of aryl methyl sites for hydroxylation is 1. The van der Waals surface area contributed by atoms with Crippen LogP contribution in [0.4, 0.5) is 13.2 Å². The zero-order chi connectivity index (χ0) is 24.0. The first-order valence-electron chi connectivity index (χ1n) is 10.5. The summed E-state index contributed by atoms with van der Waals surface area (Å²) in [6, 6.07) is 7.81. The lowest BCUT2D eigenvalue weighted by Gasteiger charge is -2.16. The topological polar surface area (TPSA) is 78.5 Å². The fourth-order valence-electron chi connectivity index (χ4n) is 3.87. The van der Waals surface area contributed by atoms with Gasteiger partial charge < -0.3 is 19.2 Å². The summed E-state index contributed by atoms with van der Waals surface area (Å²) in [6.07, 6.45) is 4.14. The fourth-order valence-corrected chi connectivity index (χ4v) is 3.87. The van der Waals surface area contributed by atoms with E-state index in [-0.39, 0.29) is 23.5 Å². The Labute approximate surface area is 192 Å². The molecule has 1 saturated carbocycles. The minimum absolute atomic E-state index is 0.0167. The average Bonchev–Trinajstić information content (AvgIpc) is 3.16. The van der Waals surface area contributed by atoms with Crippen LogP contribution in [0.2, 0.25) is 0 Å². The van der Waals surface area contributed by atoms with E-state index in [0.717, 1.165) is 16.5 Å². The van der Waals surface area contributed by atoms with Gasteiger partial charge in [-0.1, -0.05) is 6.07 Å². The van der Waals surface area contributed by atoms with E-state index in [9.17, 15) is 18.0 Å². The molecule has 2 aromatic heterocycles. The summed E-state index contributed by atoms with van der Waals surface area (Å²) >= 11 is 0. The second-order valence-electron chi connectivity index (χ2n) is 8.02. The number of carbonyl (C=O) groups is 1. The molecule has 2 aromatic carbocycles. The highest BCUT2D eigenvalue weighted by Gasteiger charge is 2.40. The molecule has 10 heteroatoms. The van der Waals surface area contributed by atoms with Crippen LogP contribution in [0.15, 0.2) is 53.4 Å². The minimum atomic E-state index is -3.18. The molecule has 7 nitrogen and oxygen atoms in total. The number of ether oxygens (including phenoxy) is 2. The number of aromatic nitrogens is 2. The van der Waals surface area contributed by atoms with E-state index in [0.29, 0.717) is 16.7 Å². The van der Waals surface area contributed by atoms with Gasteiger partial charge in [0.05, 0.1) is 25.6 Å². The Bertz CT molecular complexity index is 1380. The van der Waals surface area contributed by atoms with E-state index in [1.807, 2.05) is 31.4 Å². The molecule has 0 unspecified atom stereocenters. The van der Waals surface area contributed by atoms with Crippen molar-refractivity contribution in [1.29, 1.82) is 0 Å². The summed E-state index contributed by atoms with van der Waals surface area (Å²) in [4.78, 5) is 12.7. The van der Waals surface area contributed by atoms with Gasteiger partial charge in [-0.3, -0.25) is 9.48 Å². The maximum atomic E-state index is 13.3. The highest BCUT2D eigenvalue weighted by atomic mass is 19.3. The Hall–Kier alpha value is -3.95. The minimum Gasteiger partial charge on any atom is -0.496 e. The van der Waals surface area contributed by atoms with Crippen molar-refractivity contribution < 1.29 is 31.9 Å². The number of carbonyl (C=O) groups excluding carboxylic acids is 1. The maximum absolute atomic E-state index is 13.3. The van der Waals surface area contributed by atoms with E-state index < -0.39 is 24.7 Å². The van der Waals surface area contributed by atoms with Crippen molar-refractivity contribution in [2.45, 2.75) is 25.2 Å². The van der Waals surface area contributed by atoms with Crippen LogP contribution in [0.5, 0.6) is 11.5 Å². The smallest absolute Gasteiger partial charge is 0.387 e. The molecule has 1 aliphatic carbocycles. The molecule has 1 aliphatic rings. The molecule has 1 N–H and O–H groups in total. The first-order valence-corrected chi connectivity index (χ1v) is 10.5. The Morgan fingerprint density at radius 3 is 2.62 bits per heavy atom. The molecular weight excluding hydrogens is 451 g/mol. The number of nitrogens with one attached hydrogen (secondary N) is 1. The van der Waals surface area contributed by atoms with E-state index >= 15 is 0 Å². The van der Waals surface area contributed by atoms with Crippen LogP contribution < -0.4 is 14.8 Å². The van der Waals surface area contributed by atoms with Crippen molar-refractivity contribution in [2.75, 3.05) is 7.11 Å². The van der Waals surface area contributed by atoms with Crippen molar-refractivity contribution in [2.24, 2.45) is 7.05 Å². The molecule has 5 rings (SSSR count). The first kappa shape index (κ1) is 21.9. The standard InChI is InChI=1S/C24H20F3N3O4/c1-30-10-14(9-28-30)12-3-4-15-16(11-33-19(15)5-12)13-6-20(32-2)22(21(7-13)34-24(26)27)23(31)29-18-8-17(18)25/h3-7,9-11,17-18,24H,8H2,1-2H3,(H,29,31)/t17-,18+/m0/s1. The molecule has 1 amide bonds. The van der Waals surface area contributed by atoms with Gasteiger partial charge in [-0.05, 0) is 35.4 Å². The zero-order valence-electron chi connectivity index (χ0n) is 18.2. The quantitative estimate of drug-likeness (QED) is 0.413. The molecule has 0 aliphatic heterocycles. The first-order chi connectivity index (χ1) is 16.3. The Morgan fingerprint density at radius 2 is 1.97 bits per heavy atom. The van der Waals surface area contributed by atoms with Gasteiger partial charge in [0.1, 0.15) is 28.8 Å². The summed E-state index contributed by atoms with van der Waals surface area (Å²) in [7, 11) is 3.13. The van der Waals surface area contributed by atoms with E-state index in [1.165, 1.54) is 25.5 Å². The van der Waals surface area contributed by atoms with Crippen LogP contribution in [-0.4, -0.2) is 41.6 Å². The summed E-state index contributed by atoms with van der Waals surface area (Å²) in [5.41, 5.74) is 3.22. The van der Waals surface area contributed by atoms with E-state index in [2.05, 4.69) is 15.2 Å². The molecule has 0 saturated heterocycles. The van der Waals surface area contributed by atoms with Gasteiger partial charge in [-0.2, -0.15) is 13.9 Å². The van der Waals surface area contributed by atoms with Crippen molar-refractivity contribution in [3.63, 3.8) is 0 Å². The van der Waals surface area contributed by atoms with Gasteiger partial charge >= 0.3 is 6.61 Å². The second kappa shape index (κ2) is 8.44. The highest BCUT2D eigenvalue weighted by Crippen LogP contribution is 2.40. The lowest BCUT2D eigenvalue weighted by atomic mass is 9.99. The van der Waals surface area contributed by atoms with Gasteiger partial charge in [0.15, 0.2) is 0 Å². The lowest BCUT2D eigenvalue weighted by molar-refractivity contribution is -0.0502. The lowest BCUT2D eigenvalue weighted by Crippen LogP contribution is -2.28. The molecule has 2 heterocycles. The molecule has 1 fully saturated rings. The van der Waals surface area contributed by atoms with Crippen molar-refractivity contribution in [3.05, 3.63) is 54.6 Å². The summed E-state index contributed by atoms with van der Waals surface area (Å²) in [6.45, 7) is -3.18. The number of nitrogens with zero attached hydrogens (tertiary/aromatic N) is 2. The Morgan fingerprint density at radius 1 is 1.21 bits per heavy atom. The number of benzene rings is 2. The van der Waals surface area contributed by atoms with Gasteiger partial charge in [-0.15, -0.1) is 0 Å². The number of hydrogen-bond acceptors (Lipinski definition) is 5. The Kier molecular flexibility index (Phi) is 5.43. The van der Waals surface area contributed by atoms with Gasteiger partial charge in [-0.25, -0.2) is 4.39 Å². The average molecular weight is 471 g/mol. The predicted molar refractivity (Wildman–Crippen MR) is 118 cm³/mol. The van der Waals surface area contributed by atoms with Crippen LogP contribution in [0.1, 0.15) is 16.8 Å². The van der Waals surface area contributed by atoms with Gasteiger partial charge in [0.25, 0.3) is 5.91 Å². The molecule has 4 aromatic rings. The molecule has 0 radical (unpaired) electrons. The molecular formula is C24H20F3N3O4. The predicted octanol–water partition coefficient (Wildman–Crippen LogP) is 4.95. The summed E-state index contributed by atoms with van der Waals surface area (Å²) in [5, 5.41) is 7.37. The maximum Gasteiger partial charge on any atom is 0.387 e. The van der Waals surface area contributed by atoms with Crippen LogP contribution in [0.3, 0.4) is 0 Å². The van der Waals surface area contributed by atoms with E-state index in [4.69, 9.17) is 9.15 Å².